The van der Waals surface area contributed by atoms with E-state index in [4.69, 9.17) is 5.11 Å². The van der Waals surface area contributed by atoms with Crippen LogP contribution in [-0.4, -0.2) is 30.4 Å². The lowest BCUT2D eigenvalue weighted by Crippen LogP contribution is -2.40. The molecular formula is C15H16N4O3. The molecule has 1 N–H and O–H groups in total. The number of benzene rings is 1. The van der Waals surface area contributed by atoms with Crippen molar-refractivity contribution in [2.45, 2.75) is 13.1 Å². The summed E-state index contributed by atoms with van der Waals surface area (Å²) in [4.78, 5) is 29.2. The Hall–Kier alpha value is -2.67. The van der Waals surface area contributed by atoms with Gasteiger partial charge >= 0.3 is 5.69 Å². The molecule has 2 heterocycles. The van der Waals surface area contributed by atoms with Crippen LogP contribution >= 0.6 is 0 Å². The molecule has 1 aromatic carbocycles. The van der Waals surface area contributed by atoms with Crippen LogP contribution in [0.15, 0.2) is 46.2 Å². The molecule has 3 aromatic rings. The number of aromatic nitrogens is 4. The van der Waals surface area contributed by atoms with E-state index in [1.807, 2.05) is 30.3 Å². The molecule has 0 amide bonds. The van der Waals surface area contributed by atoms with Gasteiger partial charge in [-0.3, -0.25) is 13.9 Å². The van der Waals surface area contributed by atoms with Crippen molar-refractivity contribution >= 4 is 11.2 Å². The van der Waals surface area contributed by atoms with Crippen LogP contribution in [0.4, 0.5) is 0 Å². The van der Waals surface area contributed by atoms with Crippen molar-refractivity contribution in [1.29, 1.82) is 0 Å². The highest BCUT2D eigenvalue weighted by Crippen LogP contribution is 2.06. The molecule has 7 heteroatoms. The minimum atomic E-state index is -0.407. The maximum absolute atomic E-state index is 12.7. The number of hydrogen-bond donors (Lipinski definition) is 1. The number of hydrogen-bond acceptors (Lipinski definition) is 4. The molecule has 0 bridgehead atoms. The molecule has 0 aliphatic rings. The molecule has 114 valence electrons. The van der Waals surface area contributed by atoms with E-state index < -0.39 is 11.2 Å². The van der Waals surface area contributed by atoms with Gasteiger partial charge in [0.1, 0.15) is 0 Å². The van der Waals surface area contributed by atoms with Crippen molar-refractivity contribution in [3.8, 4) is 0 Å². The van der Waals surface area contributed by atoms with Crippen molar-refractivity contribution in [3.63, 3.8) is 0 Å². The Kier molecular flexibility index (Phi) is 3.64. The van der Waals surface area contributed by atoms with Crippen LogP contribution in [-0.2, 0) is 20.1 Å². The first-order valence-corrected chi connectivity index (χ1v) is 6.93. The molecule has 3 rings (SSSR count). The first-order valence-electron chi connectivity index (χ1n) is 6.93. The minimum absolute atomic E-state index is 0.105. The molecule has 0 saturated heterocycles. The Labute approximate surface area is 125 Å². The lowest BCUT2D eigenvalue weighted by atomic mass is 10.2. The first-order chi connectivity index (χ1) is 10.6. The minimum Gasteiger partial charge on any atom is -0.395 e. The van der Waals surface area contributed by atoms with Gasteiger partial charge in [0.05, 0.1) is 19.5 Å². The summed E-state index contributed by atoms with van der Waals surface area (Å²) < 4.78 is 4.11. The molecule has 0 aliphatic carbocycles. The monoisotopic (exact) mass is 300 g/mol. The van der Waals surface area contributed by atoms with E-state index in [1.54, 1.807) is 11.6 Å². The fraction of sp³-hybridized carbons (Fsp3) is 0.267. The molecular weight excluding hydrogens is 284 g/mol. The number of rotatable bonds is 4. The van der Waals surface area contributed by atoms with E-state index >= 15 is 0 Å². The van der Waals surface area contributed by atoms with E-state index in [1.165, 1.54) is 15.5 Å². The summed E-state index contributed by atoms with van der Waals surface area (Å²) >= 11 is 0. The van der Waals surface area contributed by atoms with Gasteiger partial charge in [0.25, 0.3) is 5.56 Å². The SMILES string of the molecule is Cn1c(=O)n(Cc2ccccc2)c(=O)c2c1ncn2CCO. The molecule has 7 nitrogen and oxygen atoms in total. The van der Waals surface area contributed by atoms with Gasteiger partial charge in [0.2, 0.25) is 0 Å². The third-order valence-electron chi connectivity index (χ3n) is 3.63. The second-order valence-electron chi connectivity index (χ2n) is 5.05. The fourth-order valence-corrected chi connectivity index (χ4v) is 2.50. The lowest BCUT2D eigenvalue weighted by Gasteiger charge is -2.09. The molecule has 0 radical (unpaired) electrons. The highest BCUT2D eigenvalue weighted by atomic mass is 16.3. The van der Waals surface area contributed by atoms with E-state index in [9.17, 15) is 9.59 Å². The summed E-state index contributed by atoms with van der Waals surface area (Å²) in [5.41, 5.74) is 0.720. The average Bonchev–Trinajstić information content (AvgIpc) is 2.95. The van der Waals surface area contributed by atoms with Gasteiger partial charge in [0, 0.05) is 13.6 Å². The average molecular weight is 300 g/mol. The highest BCUT2D eigenvalue weighted by molar-refractivity contribution is 5.69. The van der Waals surface area contributed by atoms with Gasteiger partial charge in [-0.25, -0.2) is 9.78 Å². The van der Waals surface area contributed by atoms with Gasteiger partial charge in [-0.2, -0.15) is 0 Å². The summed E-state index contributed by atoms with van der Waals surface area (Å²) in [6, 6.07) is 9.32. The van der Waals surface area contributed by atoms with Gasteiger partial charge < -0.3 is 9.67 Å². The number of fused-ring (bicyclic) bond motifs is 1. The maximum atomic E-state index is 12.7. The number of aliphatic hydroxyl groups is 1. The molecule has 0 saturated carbocycles. The van der Waals surface area contributed by atoms with Gasteiger partial charge in [-0.15, -0.1) is 0 Å². The van der Waals surface area contributed by atoms with E-state index in [-0.39, 0.29) is 19.7 Å². The Morgan fingerprint density at radius 3 is 2.59 bits per heavy atom. The van der Waals surface area contributed by atoms with Crippen LogP contribution in [0, 0.1) is 0 Å². The van der Waals surface area contributed by atoms with Crippen molar-refractivity contribution < 1.29 is 5.11 Å². The molecule has 0 aliphatic heterocycles. The summed E-state index contributed by atoms with van der Waals surface area (Å²) in [6.07, 6.45) is 1.47. The third-order valence-corrected chi connectivity index (χ3v) is 3.63. The van der Waals surface area contributed by atoms with Crippen molar-refractivity contribution in [1.82, 2.24) is 18.7 Å². The smallest absolute Gasteiger partial charge is 0.332 e. The van der Waals surface area contributed by atoms with E-state index in [0.29, 0.717) is 11.2 Å². The van der Waals surface area contributed by atoms with Crippen LogP contribution in [0.1, 0.15) is 5.56 Å². The molecule has 0 unspecified atom stereocenters. The second kappa shape index (κ2) is 5.61. The van der Waals surface area contributed by atoms with Crippen molar-refractivity contribution in [3.05, 3.63) is 63.1 Å². The van der Waals surface area contributed by atoms with Crippen molar-refractivity contribution in [2.75, 3.05) is 6.61 Å². The molecule has 2 aromatic heterocycles. The zero-order valence-electron chi connectivity index (χ0n) is 12.1. The third kappa shape index (κ3) is 2.25. The lowest BCUT2D eigenvalue weighted by molar-refractivity contribution is 0.277. The normalized spacial score (nSPS) is 11.2. The first kappa shape index (κ1) is 14.3. The van der Waals surface area contributed by atoms with E-state index in [2.05, 4.69) is 4.98 Å². The van der Waals surface area contributed by atoms with Crippen molar-refractivity contribution in [2.24, 2.45) is 7.05 Å². The molecule has 0 fully saturated rings. The Morgan fingerprint density at radius 2 is 1.91 bits per heavy atom. The van der Waals surface area contributed by atoms with Crippen LogP contribution in [0.5, 0.6) is 0 Å². The quantitative estimate of drug-likeness (QED) is 0.731. The summed E-state index contributed by atoms with van der Waals surface area (Å²) in [7, 11) is 1.59. The molecule has 0 spiro atoms. The number of nitrogens with zero attached hydrogens (tertiary/aromatic N) is 4. The van der Waals surface area contributed by atoms with Gasteiger partial charge in [-0.05, 0) is 5.56 Å². The Bertz CT molecular complexity index is 922. The zero-order chi connectivity index (χ0) is 15.7. The number of aliphatic hydroxyl groups excluding tert-OH is 1. The van der Waals surface area contributed by atoms with Crippen LogP contribution in [0.25, 0.3) is 11.2 Å². The maximum Gasteiger partial charge on any atom is 0.332 e. The largest absolute Gasteiger partial charge is 0.395 e. The Morgan fingerprint density at radius 1 is 1.18 bits per heavy atom. The summed E-state index contributed by atoms with van der Waals surface area (Å²) in [5.74, 6) is 0. The van der Waals surface area contributed by atoms with E-state index in [0.717, 1.165) is 5.56 Å². The van der Waals surface area contributed by atoms with Crippen LogP contribution < -0.4 is 11.2 Å². The summed E-state index contributed by atoms with van der Waals surface area (Å²) in [6.45, 7) is 0.355. The second-order valence-corrected chi connectivity index (χ2v) is 5.05. The zero-order valence-corrected chi connectivity index (χ0v) is 12.1. The molecule has 22 heavy (non-hydrogen) atoms. The summed E-state index contributed by atoms with van der Waals surface area (Å²) in [5, 5.41) is 9.09. The standard InChI is InChI=1S/C15H16N4O3/c1-17-13-12(18(7-8-20)10-16-13)14(21)19(15(17)22)9-11-5-3-2-4-6-11/h2-6,10,20H,7-9H2,1H3. The number of imidazole rings is 1. The Balaban J connectivity index is 2.24. The van der Waals surface area contributed by atoms with Crippen LogP contribution in [0.3, 0.4) is 0 Å². The molecule has 0 atom stereocenters. The van der Waals surface area contributed by atoms with Gasteiger partial charge in [-0.1, -0.05) is 30.3 Å². The van der Waals surface area contributed by atoms with Gasteiger partial charge in [0.15, 0.2) is 11.2 Å². The predicted octanol–water partition coefficient (Wildman–Crippen LogP) is -0.0627. The van der Waals surface area contributed by atoms with Crippen LogP contribution in [0.2, 0.25) is 0 Å². The highest BCUT2D eigenvalue weighted by Gasteiger charge is 2.16. The fourth-order valence-electron chi connectivity index (χ4n) is 2.50. The number of aryl methyl sites for hydroxylation is 1. The predicted molar refractivity (Wildman–Crippen MR) is 81.9 cm³/mol. The topological polar surface area (TPSA) is 82.0 Å².